The molecular weight excluding hydrogens is 405 g/mol. The minimum atomic E-state index is 0. The Labute approximate surface area is 156 Å². The minimum Gasteiger partial charge on any atom is -0.496 e. The Kier molecular flexibility index (Phi) is 9.31. The lowest BCUT2D eigenvalue weighted by Gasteiger charge is -2.23. The molecule has 1 fully saturated rings. The van der Waals surface area contributed by atoms with Crippen molar-refractivity contribution in [2.45, 2.75) is 32.4 Å². The monoisotopic (exact) mass is 433 g/mol. The highest BCUT2D eigenvalue weighted by atomic mass is 127. The summed E-state index contributed by atoms with van der Waals surface area (Å²) in [4.78, 5) is 6.83. The largest absolute Gasteiger partial charge is 0.496 e. The Hall–Kier alpha value is -1.02. The maximum absolute atomic E-state index is 5.64. The van der Waals surface area contributed by atoms with Gasteiger partial charge in [0.2, 0.25) is 0 Å². The molecule has 0 amide bonds. The van der Waals surface area contributed by atoms with Gasteiger partial charge in [-0.05, 0) is 25.8 Å². The fourth-order valence-electron chi connectivity index (χ4n) is 2.61. The fourth-order valence-corrected chi connectivity index (χ4v) is 2.61. The van der Waals surface area contributed by atoms with Crippen LogP contribution in [0, 0.1) is 0 Å². The van der Waals surface area contributed by atoms with E-state index in [0.29, 0.717) is 0 Å². The molecule has 5 nitrogen and oxygen atoms in total. The molecule has 2 rings (SSSR count). The van der Waals surface area contributed by atoms with E-state index in [1.165, 1.54) is 0 Å². The number of benzene rings is 1. The van der Waals surface area contributed by atoms with Gasteiger partial charge in [0.05, 0.1) is 19.8 Å². The second-order valence-electron chi connectivity index (χ2n) is 5.50. The van der Waals surface area contributed by atoms with E-state index in [-0.39, 0.29) is 30.1 Å². The second-order valence-corrected chi connectivity index (χ2v) is 5.50. The zero-order valence-corrected chi connectivity index (χ0v) is 16.6. The lowest BCUT2D eigenvalue weighted by Crippen LogP contribution is -2.39. The van der Waals surface area contributed by atoms with Gasteiger partial charge in [0.25, 0.3) is 0 Å². The van der Waals surface area contributed by atoms with Gasteiger partial charge in [-0.2, -0.15) is 0 Å². The van der Waals surface area contributed by atoms with Crippen molar-refractivity contribution >= 4 is 29.9 Å². The van der Waals surface area contributed by atoms with Crippen LogP contribution < -0.4 is 10.1 Å². The van der Waals surface area contributed by atoms with Crippen molar-refractivity contribution in [3.8, 4) is 5.75 Å². The Morgan fingerprint density at radius 2 is 2.22 bits per heavy atom. The van der Waals surface area contributed by atoms with Crippen LogP contribution in [0.4, 0.5) is 0 Å². The van der Waals surface area contributed by atoms with Crippen molar-refractivity contribution < 1.29 is 9.47 Å². The number of guanidine groups is 1. The van der Waals surface area contributed by atoms with Crippen LogP contribution in [0.25, 0.3) is 0 Å². The van der Waals surface area contributed by atoms with Gasteiger partial charge in [0.1, 0.15) is 5.75 Å². The number of aliphatic imine (C=N–C) groups is 1. The Morgan fingerprint density at radius 3 is 2.87 bits per heavy atom. The molecule has 0 aromatic heterocycles. The first-order valence-electron chi connectivity index (χ1n) is 7.97. The summed E-state index contributed by atoms with van der Waals surface area (Å²) in [7, 11) is 3.75. The fraction of sp³-hybridized carbons (Fsp3) is 0.588. The predicted molar refractivity (Wildman–Crippen MR) is 105 cm³/mol. The second kappa shape index (κ2) is 10.7. The normalized spacial score (nSPS) is 17.5. The first-order chi connectivity index (χ1) is 10.7. The number of nitrogens with zero attached hydrogens (tertiary/aromatic N) is 2. The number of para-hydroxylation sites is 1. The van der Waals surface area contributed by atoms with Crippen molar-refractivity contribution in [2.24, 2.45) is 4.99 Å². The van der Waals surface area contributed by atoms with Crippen molar-refractivity contribution in [1.29, 1.82) is 0 Å². The Morgan fingerprint density at radius 1 is 1.43 bits per heavy atom. The highest BCUT2D eigenvalue weighted by Gasteiger charge is 2.16. The van der Waals surface area contributed by atoms with Crippen molar-refractivity contribution in [3.05, 3.63) is 29.8 Å². The predicted octanol–water partition coefficient (Wildman–Crippen LogP) is 2.89. The molecular formula is C17H28IN3O2. The van der Waals surface area contributed by atoms with E-state index in [2.05, 4.69) is 23.2 Å². The van der Waals surface area contributed by atoms with Crippen LogP contribution in [0.1, 0.15) is 25.3 Å². The first-order valence-corrected chi connectivity index (χ1v) is 7.97. The summed E-state index contributed by atoms with van der Waals surface area (Å²) in [6.45, 7) is 5.27. The third-order valence-corrected chi connectivity index (χ3v) is 3.77. The van der Waals surface area contributed by atoms with Gasteiger partial charge in [0.15, 0.2) is 5.96 Å². The number of rotatable bonds is 6. The van der Waals surface area contributed by atoms with Gasteiger partial charge in [-0.1, -0.05) is 18.2 Å². The summed E-state index contributed by atoms with van der Waals surface area (Å²) in [5.74, 6) is 1.81. The summed E-state index contributed by atoms with van der Waals surface area (Å²) in [6.07, 6.45) is 2.53. The van der Waals surface area contributed by atoms with E-state index in [4.69, 9.17) is 14.5 Å². The number of hydrogen-bond donors (Lipinski definition) is 1. The summed E-state index contributed by atoms with van der Waals surface area (Å²) in [5.41, 5.74) is 1.15. The lowest BCUT2D eigenvalue weighted by molar-refractivity contribution is 0.117. The van der Waals surface area contributed by atoms with Crippen LogP contribution in [0.2, 0.25) is 0 Å². The highest BCUT2D eigenvalue weighted by Crippen LogP contribution is 2.19. The van der Waals surface area contributed by atoms with E-state index in [1.807, 2.05) is 25.2 Å². The molecule has 1 aromatic rings. The van der Waals surface area contributed by atoms with Gasteiger partial charge in [-0.15, -0.1) is 24.0 Å². The van der Waals surface area contributed by atoms with E-state index in [9.17, 15) is 0 Å². The molecule has 0 bridgehead atoms. The smallest absolute Gasteiger partial charge is 0.194 e. The number of hydrogen-bond acceptors (Lipinski definition) is 3. The lowest BCUT2D eigenvalue weighted by atomic mass is 10.2. The van der Waals surface area contributed by atoms with Crippen LogP contribution in [-0.4, -0.2) is 50.8 Å². The topological polar surface area (TPSA) is 46.1 Å². The van der Waals surface area contributed by atoms with Gasteiger partial charge in [-0.3, -0.25) is 4.99 Å². The molecule has 1 atom stereocenters. The molecule has 0 aliphatic carbocycles. The summed E-state index contributed by atoms with van der Waals surface area (Å²) >= 11 is 0. The molecule has 6 heteroatoms. The molecule has 1 aliphatic heterocycles. The average Bonchev–Trinajstić information content (AvgIpc) is 3.05. The van der Waals surface area contributed by atoms with Crippen molar-refractivity contribution in [2.75, 3.05) is 33.9 Å². The molecule has 0 radical (unpaired) electrons. The van der Waals surface area contributed by atoms with Crippen LogP contribution in [0.15, 0.2) is 29.3 Å². The number of ether oxygens (including phenoxy) is 2. The van der Waals surface area contributed by atoms with E-state index in [0.717, 1.165) is 56.4 Å². The molecule has 1 heterocycles. The molecule has 1 unspecified atom stereocenters. The zero-order valence-electron chi connectivity index (χ0n) is 14.2. The van der Waals surface area contributed by atoms with Gasteiger partial charge >= 0.3 is 0 Å². The van der Waals surface area contributed by atoms with Gasteiger partial charge in [-0.25, -0.2) is 0 Å². The van der Waals surface area contributed by atoms with Crippen LogP contribution in [0.5, 0.6) is 5.75 Å². The minimum absolute atomic E-state index is 0. The SMILES string of the molecule is CCNC(=NCC1CCCO1)N(C)Cc1ccccc1OC.I. The zero-order chi connectivity index (χ0) is 15.8. The quantitative estimate of drug-likeness (QED) is 0.426. The average molecular weight is 433 g/mol. The first kappa shape index (κ1) is 20.0. The van der Waals surface area contributed by atoms with E-state index < -0.39 is 0 Å². The third kappa shape index (κ3) is 6.18. The molecule has 1 N–H and O–H groups in total. The Balaban J connectivity index is 0.00000264. The summed E-state index contributed by atoms with van der Waals surface area (Å²) in [6, 6.07) is 8.08. The van der Waals surface area contributed by atoms with Gasteiger partial charge < -0.3 is 19.7 Å². The Bertz CT molecular complexity index is 490. The maximum Gasteiger partial charge on any atom is 0.194 e. The molecule has 130 valence electrons. The number of halogens is 1. The molecule has 1 saturated heterocycles. The van der Waals surface area contributed by atoms with Crippen LogP contribution >= 0.6 is 24.0 Å². The molecule has 0 spiro atoms. The van der Waals surface area contributed by atoms with E-state index >= 15 is 0 Å². The highest BCUT2D eigenvalue weighted by molar-refractivity contribution is 14.0. The third-order valence-electron chi connectivity index (χ3n) is 3.77. The van der Waals surface area contributed by atoms with Crippen LogP contribution in [-0.2, 0) is 11.3 Å². The van der Waals surface area contributed by atoms with E-state index in [1.54, 1.807) is 7.11 Å². The standard InChI is InChI=1S/C17H27N3O2.HI/c1-4-18-17(19-12-15-9-7-11-22-15)20(2)13-14-8-5-6-10-16(14)21-3;/h5-6,8,10,15H,4,7,9,11-13H2,1-3H3,(H,18,19);1H. The van der Waals surface area contributed by atoms with Crippen LogP contribution in [0.3, 0.4) is 0 Å². The molecule has 0 saturated carbocycles. The number of nitrogens with one attached hydrogen (secondary N) is 1. The molecule has 1 aromatic carbocycles. The van der Waals surface area contributed by atoms with Gasteiger partial charge in [0, 0.05) is 32.3 Å². The summed E-state index contributed by atoms with van der Waals surface area (Å²) in [5, 5.41) is 3.34. The van der Waals surface area contributed by atoms with Crippen molar-refractivity contribution in [1.82, 2.24) is 10.2 Å². The van der Waals surface area contributed by atoms with Crippen molar-refractivity contribution in [3.63, 3.8) is 0 Å². The maximum atomic E-state index is 5.64. The summed E-state index contributed by atoms with van der Waals surface area (Å²) < 4.78 is 11.1. The molecule has 1 aliphatic rings. The number of methoxy groups -OCH3 is 1. The molecule has 23 heavy (non-hydrogen) atoms.